The van der Waals surface area contributed by atoms with E-state index in [4.69, 9.17) is 4.74 Å². The summed E-state index contributed by atoms with van der Waals surface area (Å²) >= 11 is 1.48. The van der Waals surface area contributed by atoms with E-state index in [-0.39, 0.29) is 17.5 Å². The molecule has 0 saturated carbocycles. The predicted molar refractivity (Wildman–Crippen MR) is 153 cm³/mol. The van der Waals surface area contributed by atoms with Crippen LogP contribution in [-0.4, -0.2) is 63.0 Å². The van der Waals surface area contributed by atoms with E-state index in [9.17, 15) is 24.3 Å². The highest BCUT2D eigenvalue weighted by molar-refractivity contribution is 8.01. The Morgan fingerprint density at radius 2 is 1.46 bits per heavy atom. The Hall–Kier alpha value is -4.15. The number of benzene rings is 3. The zero-order chi connectivity index (χ0) is 28.6. The highest BCUT2D eigenvalue weighted by Crippen LogP contribution is 2.48. The number of carboxylic acids is 1. The van der Waals surface area contributed by atoms with Gasteiger partial charge in [0.25, 0.3) is 11.8 Å². The van der Waals surface area contributed by atoms with Crippen LogP contribution in [0, 0.1) is 0 Å². The first-order valence-corrected chi connectivity index (χ1v) is 14.4. The molecule has 210 valence electrons. The van der Waals surface area contributed by atoms with Gasteiger partial charge in [-0.1, -0.05) is 60.7 Å². The third-order valence-electron chi connectivity index (χ3n) is 7.95. The second kappa shape index (κ2) is 11.0. The van der Waals surface area contributed by atoms with Crippen LogP contribution >= 0.6 is 11.8 Å². The Bertz CT molecular complexity index is 1440. The molecule has 6 rings (SSSR count). The van der Waals surface area contributed by atoms with Gasteiger partial charge in [0.1, 0.15) is 6.04 Å². The van der Waals surface area contributed by atoms with Gasteiger partial charge in [0, 0.05) is 29.1 Å². The molecule has 2 fully saturated rings. The van der Waals surface area contributed by atoms with Gasteiger partial charge in [0.05, 0.1) is 22.9 Å². The van der Waals surface area contributed by atoms with E-state index in [2.05, 4.69) is 10.2 Å². The van der Waals surface area contributed by atoms with Crippen molar-refractivity contribution in [2.45, 2.75) is 41.7 Å². The number of piperidine rings is 1. The van der Waals surface area contributed by atoms with Crippen LogP contribution in [0.1, 0.15) is 51.8 Å². The Labute approximate surface area is 241 Å². The van der Waals surface area contributed by atoms with Gasteiger partial charge < -0.3 is 14.7 Å². The first-order chi connectivity index (χ1) is 19.9. The number of hydrogen-bond acceptors (Lipinski definition) is 8. The maximum Gasteiger partial charge on any atom is 0.326 e. The summed E-state index contributed by atoms with van der Waals surface area (Å²) in [6, 6.07) is 24.5. The number of para-hydroxylation sites is 1. The van der Waals surface area contributed by atoms with Crippen molar-refractivity contribution < 1.29 is 29.0 Å². The second-order valence-electron chi connectivity index (χ2n) is 10.4. The van der Waals surface area contributed by atoms with Crippen molar-refractivity contribution >= 4 is 41.2 Å². The highest BCUT2D eigenvalue weighted by atomic mass is 32.2. The molecule has 41 heavy (non-hydrogen) atoms. The summed E-state index contributed by atoms with van der Waals surface area (Å²) in [5.74, 6) is -2.65. The smallest absolute Gasteiger partial charge is 0.326 e. The number of nitrogens with zero attached hydrogens (tertiary/aromatic N) is 2. The summed E-state index contributed by atoms with van der Waals surface area (Å²) in [5.41, 5.74) is 2.09. The van der Waals surface area contributed by atoms with Crippen LogP contribution in [0.25, 0.3) is 0 Å². The number of imide groups is 1. The van der Waals surface area contributed by atoms with Crippen molar-refractivity contribution in [3.05, 3.63) is 102 Å². The van der Waals surface area contributed by atoms with Gasteiger partial charge in [-0.25, -0.2) is 4.90 Å². The number of carboxylic acid groups (broad SMARTS) is 1. The molecule has 1 spiro atoms. The van der Waals surface area contributed by atoms with Crippen molar-refractivity contribution in [1.29, 1.82) is 0 Å². The minimum absolute atomic E-state index is 0.154. The van der Waals surface area contributed by atoms with Crippen LogP contribution in [0.3, 0.4) is 0 Å². The van der Waals surface area contributed by atoms with Gasteiger partial charge in [0.2, 0.25) is 6.23 Å². The first kappa shape index (κ1) is 27.0. The van der Waals surface area contributed by atoms with Crippen molar-refractivity contribution in [2.75, 3.05) is 18.0 Å². The Kier molecular flexibility index (Phi) is 7.27. The molecule has 3 atom stereocenters. The maximum atomic E-state index is 14.0. The number of carbonyl (C=O) groups is 4. The number of esters is 1. The molecule has 2 N–H and O–H groups in total. The lowest BCUT2D eigenvalue weighted by Crippen LogP contribution is -2.55. The van der Waals surface area contributed by atoms with Crippen LogP contribution < -0.4 is 10.2 Å². The van der Waals surface area contributed by atoms with Crippen molar-refractivity contribution in [3.8, 4) is 0 Å². The largest absolute Gasteiger partial charge is 0.481 e. The van der Waals surface area contributed by atoms with Crippen LogP contribution in [-0.2, 0) is 14.3 Å². The lowest BCUT2D eigenvalue weighted by atomic mass is 9.87. The van der Waals surface area contributed by atoms with Gasteiger partial charge in [-0.05, 0) is 37.1 Å². The Morgan fingerprint density at radius 1 is 0.902 bits per heavy atom. The number of anilines is 1. The Balaban J connectivity index is 1.28. The van der Waals surface area contributed by atoms with Crippen LogP contribution in [0.5, 0.6) is 0 Å². The SMILES string of the molecule is O=C(O)CC1NC(C(=O)OC(c2ccccc2)N2C(=O)c3ccccc3C2=O)C2(CCN(c3ccccc3)CC2)S1. The first-order valence-electron chi connectivity index (χ1n) is 13.5. The third kappa shape index (κ3) is 5.09. The van der Waals surface area contributed by atoms with Gasteiger partial charge in [-0.3, -0.25) is 24.5 Å². The average Bonchev–Trinajstić information content (AvgIpc) is 3.46. The summed E-state index contributed by atoms with van der Waals surface area (Å²) in [6.07, 6.45) is -0.182. The van der Waals surface area contributed by atoms with E-state index < -0.39 is 46.1 Å². The molecule has 10 heteroatoms. The average molecular weight is 572 g/mol. The number of ether oxygens (including phenoxy) is 1. The number of rotatable bonds is 7. The van der Waals surface area contributed by atoms with E-state index in [0.717, 1.165) is 10.6 Å². The number of amides is 2. The summed E-state index contributed by atoms with van der Waals surface area (Å²) in [4.78, 5) is 55.6. The molecule has 0 aliphatic carbocycles. The molecule has 2 saturated heterocycles. The molecule has 9 nitrogen and oxygen atoms in total. The fourth-order valence-electron chi connectivity index (χ4n) is 5.94. The fraction of sp³-hybridized carbons (Fsp3) is 0.290. The molecule has 2 amide bonds. The molecular weight excluding hydrogens is 542 g/mol. The minimum Gasteiger partial charge on any atom is -0.481 e. The normalized spacial score (nSPS) is 22.0. The maximum absolute atomic E-state index is 14.0. The fourth-order valence-corrected chi connectivity index (χ4v) is 7.66. The zero-order valence-electron chi connectivity index (χ0n) is 22.1. The topological polar surface area (TPSA) is 116 Å². The molecule has 3 aromatic carbocycles. The van der Waals surface area contributed by atoms with Gasteiger partial charge >= 0.3 is 11.9 Å². The summed E-state index contributed by atoms with van der Waals surface area (Å²) < 4.78 is 5.47. The van der Waals surface area contributed by atoms with E-state index in [0.29, 0.717) is 31.5 Å². The molecule has 0 aromatic heterocycles. The highest BCUT2D eigenvalue weighted by Gasteiger charge is 2.54. The monoisotopic (exact) mass is 571 g/mol. The number of carbonyl (C=O) groups excluding carboxylic acids is 3. The van der Waals surface area contributed by atoms with E-state index in [1.165, 1.54) is 11.8 Å². The molecule has 3 aliphatic rings. The molecule has 0 radical (unpaired) electrons. The number of hydrogen-bond donors (Lipinski definition) is 2. The lowest BCUT2D eigenvalue weighted by molar-refractivity contribution is -0.159. The van der Waals surface area contributed by atoms with Crippen molar-refractivity contribution in [1.82, 2.24) is 10.2 Å². The van der Waals surface area contributed by atoms with Crippen LogP contribution in [0.2, 0.25) is 0 Å². The second-order valence-corrected chi connectivity index (χ2v) is 12.0. The predicted octanol–water partition coefficient (Wildman–Crippen LogP) is 4.07. The van der Waals surface area contributed by atoms with Gasteiger partial charge in [0.15, 0.2) is 0 Å². The van der Waals surface area contributed by atoms with Crippen molar-refractivity contribution in [2.24, 2.45) is 0 Å². The number of aliphatic carboxylic acids is 1. The number of thioether (sulfide) groups is 1. The summed E-state index contributed by atoms with van der Waals surface area (Å²) in [6.45, 7) is 1.37. The molecule has 3 aromatic rings. The third-order valence-corrected chi connectivity index (χ3v) is 9.66. The van der Waals surface area contributed by atoms with Gasteiger partial charge in [-0.2, -0.15) is 0 Å². The van der Waals surface area contributed by atoms with Crippen molar-refractivity contribution in [3.63, 3.8) is 0 Å². The number of fused-ring (bicyclic) bond motifs is 1. The Morgan fingerprint density at radius 3 is 2.05 bits per heavy atom. The van der Waals surface area contributed by atoms with E-state index >= 15 is 0 Å². The van der Waals surface area contributed by atoms with Crippen LogP contribution in [0.15, 0.2) is 84.9 Å². The summed E-state index contributed by atoms with van der Waals surface area (Å²) in [5, 5.41) is 12.2. The molecule has 0 bridgehead atoms. The summed E-state index contributed by atoms with van der Waals surface area (Å²) in [7, 11) is 0. The van der Waals surface area contributed by atoms with E-state index in [1.807, 2.05) is 30.3 Å². The molecule has 3 heterocycles. The minimum atomic E-state index is -1.28. The molecule has 3 aliphatic heterocycles. The quantitative estimate of drug-likeness (QED) is 0.320. The molecule has 3 unspecified atom stereocenters. The van der Waals surface area contributed by atoms with Crippen LogP contribution in [0.4, 0.5) is 5.69 Å². The number of nitrogens with one attached hydrogen (secondary N) is 1. The van der Waals surface area contributed by atoms with Gasteiger partial charge in [-0.15, -0.1) is 11.8 Å². The zero-order valence-corrected chi connectivity index (χ0v) is 23.0. The standard InChI is InChI=1S/C31H29N3O6S/c35-25(36)19-24-32-26(31(41-24)15-17-33(18-16-31)21-11-5-2-6-12-21)30(39)40-29(20-9-3-1-4-10-20)34-27(37)22-13-7-8-14-23(22)28(34)38/h1-14,24,26,29,32H,15-19H2,(H,35,36). The van der Waals surface area contributed by atoms with E-state index in [1.54, 1.807) is 54.6 Å². The lowest BCUT2D eigenvalue weighted by Gasteiger charge is -2.42. The molecular formula is C31H29N3O6S.